The highest BCUT2D eigenvalue weighted by Gasteiger charge is 2.41. The van der Waals surface area contributed by atoms with Crippen LogP contribution in [0, 0.1) is 0 Å². The van der Waals surface area contributed by atoms with Crippen LogP contribution < -0.4 is 9.47 Å². The number of methoxy groups -OCH3 is 4. The molecule has 2 rings (SSSR count). The maximum Gasteiger partial charge on any atom is 0.277 e. The largest absolute Gasteiger partial charge is 0.493 e. The number of amides is 2. The van der Waals surface area contributed by atoms with Crippen LogP contribution in [0.4, 0.5) is 0 Å². The van der Waals surface area contributed by atoms with Crippen LogP contribution >= 0.6 is 0 Å². The Bertz CT molecular complexity index is 802. The smallest absolute Gasteiger partial charge is 0.277 e. The molecule has 0 fully saturated rings. The quantitative estimate of drug-likeness (QED) is 0.295. The van der Waals surface area contributed by atoms with E-state index in [0.29, 0.717) is 74.3 Å². The molecule has 0 unspecified atom stereocenters. The molecule has 9 heteroatoms. The highest BCUT2D eigenvalue weighted by molar-refractivity contribution is 6.35. The molecule has 0 saturated heterocycles. The average Bonchev–Trinajstić information content (AvgIpc) is 3.06. The average molecular weight is 451 g/mol. The third-order valence-electron chi connectivity index (χ3n) is 5.14. The van der Waals surface area contributed by atoms with Crippen molar-refractivity contribution < 1.29 is 33.3 Å². The Morgan fingerprint density at radius 2 is 1.53 bits per heavy atom. The van der Waals surface area contributed by atoms with E-state index in [1.54, 1.807) is 39.5 Å². The molecule has 1 aromatic carbocycles. The molecule has 0 aromatic heterocycles. The topological polar surface area (TPSA) is 86.8 Å². The van der Waals surface area contributed by atoms with E-state index in [1.807, 2.05) is 11.8 Å². The first kappa shape index (κ1) is 25.6. The normalized spacial score (nSPS) is 13.8. The van der Waals surface area contributed by atoms with Crippen molar-refractivity contribution in [3.63, 3.8) is 0 Å². The van der Waals surface area contributed by atoms with Gasteiger partial charge in [-0.25, -0.2) is 0 Å². The highest BCUT2D eigenvalue weighted by Crippen LogP contribution is 2.36. The van der Waals surface area contributed by atoms with E-state index in [9.17, 15) is 9.59 Å². The van der Waals surface area contributed by atoms with E-state index in [-0.39, 0.29) is 18.4 Å². The van der Waals surface area contributed by atoms with Crippen LogP contribution in [-0.2, 0) is 23.8 Å². The molecule has 2 amide bonds. The Morgan fingerprint density at radius 1 is 0.875 bits per heavy atom. The lowest BCUT2D eigenvalue weighted by Gasteiger charge is -2.25. The van der Waals surface area contributed by atoms with Crippen LogP contribution in [-0.4, -0.2) is 96.1 Å². The molecule has 1 aliphatic rings. The summed E-state index contributed by atoms with van der Waals surface area (Å²) in [5.74, 6) is 0.351. The molecule has 0 N–H and O–H groups in total. The first-order chi connectivity index (χ1) is 15.5. The number of imide groups is 1. The lowest BCUT2D eigenvalue weighted by atomic mass is 10.0. The highest BCUT2D eigenvalue weighted by atomic mass is 16.5. The number of nitrogens with zero attached hydrogens (tertiary/aromatic N) is 2. The van der Waals surface area contributed by atoms with Gasteiger partial charge in [-0.05, 0) is 31.0 Å². The van der Waals surface area contributed by atoms with E-state index in [0.717, 1.165) is 0 Å². The Labute approximate surface area is 189 Å². The van der Waals surface area contributed by atoms with Crippen LogP contribution in [0.3, 0.4) is 0 Å². The molecular formula is C23H34N2O7. The molecule has 0 bridgehead atoms. The second kappa shape index (κ2) is 13.0. The standard InChI is InChI=1S/C23H34N2O7/c1-6-32-13-7-10-25-22(26)20(17-8-9-18(30-4)19(16-17)31-5)21(23(25)27)24(11-14-28-2)12-15-29-3/h8-9,16H,6-7,10-15H2,1-5H3. The number of hydrogen-bond acceptors (Lipinski definition) is 8. The summed E-state index contributed by atoms with van der Waals surface area (Å²) < 4.78 is 26.6. The maximum atomic E-state index is 13.4. The molecule has 9 nitrogen and oxygen atoms in total. The van der Waals surface area contributed by atoms with E-state index in [1.165, 1.54) is 12.0 Å². The van der Waals surface area contributed by atoms with Crippen LogP contribution in [0.2, 0.25) is 0 Å². The van der Waals surface area contributed by atoms with Gasteiger partial charge in [0.05, 0.1) is 33.0 Å². The minimum absolute atomic E-state index is 0.278. The van der Waals surface area contributed by atoms with E-state index >= 15 is 0 Å². The molecule has 1 heterocycles. The predicted molar refractivity (Wildman–Crippen MR) is 120 cm³/mol. The van der Waals surface area contributed by atoms with Gasteiger partial charge in [0, 0.05) is 47.1 Å². The molecule has 32 heavy (non-hydrogen) atoms. The van der Waals surface area contributed by atoms with Gasteiger partial charge >= 0.3 is 0 Å². The molecule has 0 atom stereocenters. The van der Waals surface area contributed by atoms with E-state index in [2.05, 4.69) is 0 Å². The van der Waals surface area contributed by atoms with Gasteiger partial charge in [-0.2, -0.15) is 0 Å². The molecule has 0 aliphatic carbocycles. The van der Waals surface area contributed by atoms with Crippen molar-refractivity contribution >= 4 is 17.4 Å². The minimum atomic E-state index is -0.339. The summed E-state index contributed by atoms with van der Waals surface area (Å²) in [6.45, 7) is 4.94. The van der Waals surface area contributed by atoms with Gasteiger partial charge in [0.1, 0.15) is 5.70 Å². The van der Waals surface area contributed by atoms with Crippen molar-refractivity contribution in [2.75, 3.05) is 74.5 Å². The van der Waals surface area contributed by atoms with Crippen molar-refractivity contribution in [1.29, 1.82) is 0 Å². The molecule has 0 radical (unpaired) electrons. The van der Waals surface area contributed by atoms with E-state index in [4.69, 9.17) is 23.7 Å². The van der Waals surface area contributed by atoms with Crippen molar-refractivity contribution in [2.24, 2.45) is 0 Å². The van der Waals surface area contributed by atoms with Crippen LogP contribution in [0.1, 0.15) is 18.9 Å². The number of hydrogen-bond donors (Lipinski definition) is 0. The Morgan fingerprint density at radius 3 is 2.09 bits per heavy atom. The van der Waals surface area contributed by atoms with Gasteiger partial charge in [-0.3, -0.25) is 14.5 Å². The van der Waals surface area contributed by atoms with Crippen molar-refractivity contribution in [2.45, 2.75) is 13.3 Å². The molecule has 0 spiro atoms. The predicted octanol–water partition coefficient (Wildman–Crippen LogP) is 1.81. The number of carbonyl (C=O) groups is 2. The summed E-state index contributed by atoms with van der Waals surface area (Å²) >= 11 is 0. The van der Waals surface area contributed by atoms with Crippen LogP contribution in [0.25, 0.3) is 5.57 Å². The Hall–Kier alpha value is -2.62. The summed E-state index contributed by atoms with van der Waals surface area (Å²) in [7, 11) is 6.27. The van der Waals surface area contributed by atoms with Crippen LogP contribution in [0.5, 0.6) is 11.5 Å². The van der Waals surface area contributed by atoms with Crippen molar-refractivity contribution in [3.8, 4) is 11.5 Å². The van der Waals surface area contributed by atoms with Gasteiger partial charge in [-0.1, -0.05) is 6.07 Å². The third kappa shape index (κ3) is 5.99. The number of rotatable bonds is 15. The first-order valence-electron chi connectivity index (χ1n) is 10.7. The van der Waals surface area contributed by atoms with E-state index < -0.39 is 0 Å². The molecular weight excluding hydrogens is 416 g/mol. The fourth-order valence-electron chi connectivity index (χ4n) is 3.52. The monoisotopic (exact) mass is 450 g/mol. The second-order valence-electron chi connectivity index (χ2n) is 7.08. The van der Waals surface area contributed by atoms with Gasteiger partial charge in [-0.15, -0.1) is 0 Å². The molecule has 0 saturated carbocycles. The fraction of sp³-hybridized carbons (Fsp3) is 0.565. The Balaban J connectivity index is 2.50. The summed E-state index contributed by atoms with van der Waals surface area (Å²) in [5, 5.41) is 0. The zero-order valence-electron chi connectivity index (χ0n) is 19.6. The SMILES string of the molecule is CCOCCCN1C(=O)C(c2ccc(OC)c(OC)c2)=C(N(CCOC)CCOC)C1=O. The molecule has 1 aromatic rings. The third-order valence-corrected chi connectivity index (χ3v) is 5.14. The van der Waals surface area contributed by atoms with Crippen molar-refractivity contribution in [1.82, 2.24) is 9.80 Å². The summed E-state index contributed by atoms with van der Waals surface area (Å²) in [5.41, 5.74) is 1.26. The minimum Gasteiger partial charge on any atom is -0.493 e. The van der Waals surface area contributed by atoms with Gasteiger partial charge in [0.2, 0.25) is 0 Å². The lowest BCUT2D eigenvalue weighted by Crippen LogP contribution is -2.38. The van der Waals surface area contributed by atoms with Gasteiger partial charge in [0.25, 0.3) is 11.8 Å². The van der Waals surface area contributed by atoms with Gasteiger partial charge < -0.3 is 28.6 Å². The zero-order valence-corrected chi connectivity index (χ0v) is 19.6. The first-order valence-corrected chi connectivity index (χ1v) is 10.7. The fourth-order valence-corrected chi connectivity index (χ4v) is 3.52. The molecule has 178 valence electrons. The summed E-state index contributed by atoms with van der Waals surface area (Å²) in [6.07, 6.45) is 0.563. The molecule has 1 aliphatic heterocycles. The lowest BCUT2D eigenvalue weighted by molar-refractivity contribution is -0.137. The van der Waals surface area contributed by atoms with Crippen LogP contribution in [0.15, 0.2) is 23.9 Å². The van der Waals surface area contributed by atoms with Crippen molar-refractivity contribution in [3.05, 3.63) is 29.5 Å². The second-order valence-corrected chi connectivity index (χ2v) is 7.08. The number of benzene rings is 1. The summed E-state index contributed by atoms with van der Waals surface area (Å²) in [6, 6.07) is 5.20. The van der Waals surface area contributed by atoms with Gasteiger partial charge in [0.15, 0.2) is 11.5 Å². The number of ether oxygens (including phenoxy) is 5. The maximum absolute atomic E-state index is 13.4. The number of carbonyl (C=O) groups excluding carboxylic acids is 2. The Kier molecular flexibility index (Phi) is 10.5. The summed E-state index contributed by atoms with van der Waals surface area (Å²) in [4.78, 5) is 30.0. The zero-order chi connectivity index (χ0) is 23.5.